The summed E-state index contributed by atoms with van der Waals surface area (Å²) in [5.74, 6) is 0.256. The largest absolute Gasteiger partial charge is 0.508 e. The van der Waals surface area contributed by atoms with Gasteiger partial charge in [0.15, 0.2) is 0 Å². The molecule has 2 heterocycles. The lowest BCUT2D eigenvalue weighted by Gasteiger charge is -2.00. The summed E-state index contributed by atoms with van der Waals surface area (Å²) < 4.78 is 13.7. The average molecular weight is 329 g/mol. The molecule has 0 unspecified atom stereocenters. The van der Waals surface area contributed by atoms with E-state index in [2.05, 4.69) is 15.6 Å². The molecule has 0 spiro atoms. The minimum absolute atomic E-state index is 0.260. The fourth-order valence-electron chi connectivity index (χ4n) is 2.11. The summed E-state index contributed by atoms with van der Waals surface area (Å²) in [6.07, 6.45) is 7.20. The maximum atomic E-state index is 13.7. The van der Waals surface area contributed by atoms with Crippen molar-refractivity contribution in [3.05, 3.63) is 60.1 Å². The Balaban J connectivity index is 1.67. The third-order valence-electron chi connectivity index (χ3n) is 3.26. The van der Waals surface area contributed by atoms with E-state index in [4.69, 9.17) is 0 Å². The number of hydrogen-bond acceptors (Lipinski definition) is 4. The van der Waals surface area contributed by atoms with E-state index < -0.39 is 5.95 Å². The molecule has 0 saturated heterocycles. The number of thiol groups is 1. The van der Waals surface area contributed by atoms with Gasteiger partial charge in [0, 0.05) is 17.5 Å². The van der Waals surface area contributed by atoms with E-state index >= 15 is 0 Å². The molecule has 6 heteroatoms. The molecule has 0 saturated carbocycles. The van der Waals surface area contributed by atoms with Gasteiger partial charge in [0.2, 0.25) is 5.95 Å². The zero-order chi connectivity index (χ0) is 16.2. The van der Waals surface area contributed by atoms with Crippen LogP contribution in [0, 0.1) is 5.95 Å². The molecule has 0 amide bonds. The summed E-state index contributed by atoms with van der Waals surface area (Å²) in [5, 5.41) is 15.5. The van der Waals surface area contributed by atoms with Crippen LogP contribution < -0.4 is 10.6 Å². The van der Waals surface area contributed by atoms with Crippen molar-refractivity contribution in [2.45, 2.75) is 4.90 Å². The molecule has 1 aromatic heterocycles. The van der Waals surface area contributed by atoms with Crippen molar-refractivity contribution >= 4 is 33.9 Å². The number of nitrogens with zero attached hydrogens (tertiary/aromatic N) is 1. The normalized spacial score (nSPS) is 13.6. The highest BCUT2D eigenvalue weighted by atomic mass is 32.1. The lowest BCUT2D eigenvalue weighted by molar-refractivity contribution is 0.474. The smallest absolute Gasteiger partial charge is 0.222 e. The van der Waals surface area contributed by atoms with Gasteiger partial charge in [-0.15, -0.1) is 11.4 Å². The number of anilines is 2. The van der Waals surface area contributed by atoms with Gasteiger partial charge in [0.05, 0.1) is 10.7 Å². The molecule has 1 aliphatic rings. The SMILES string of the molecule is CNc1ccc(/C=C/C=C/C2=[SH]c3cc(O)ccc3N2)c(F)n1. The van der Waals surface area contributed by atoms with E-state index in [0.29, 0.717) is 11.4 Å². The van der Waals surface area contributed by atoms with Crippen molar-refractivity contribution in [1.29, 1.82) is 0 Å². The van der Waals surface area contributed by atoms with Gasteiger partial charge in [0.1, 0.15) is 11.6 Å². The molecule has 0 aliphatic carbocycles. The number of phenols is 1. The van der Waals surface area contributed by atoms with Crippen molar-refractivity contribution in [3.8, 4) is 5.75 Å². The van der Waals surface area contributed by atoms with Crippen LogP contribution in [0.3, 0.4) is 0 Å². The van der Waals surface area contributed by atoms with Crippen molar-refractivity contribution in [2.75, 3.05) is 17.7 Å². The lowest BCUT2D eigenvalue weighted by Crippen LogP contribution is -2.01. The number of pyridine rings is 1. The van der Waals surface area contributed by atoms with Gasteiger partial charge in [-0.2, -0.15) is 4.39 Å². The first-order valence-electron chi connectivity index (χ1n) is 7.03. The summed E-state index contributed by atoms with van der Waals surface area (Å²) >= 11 is 1.00. The summed E-state index contributed by atoms with van der Waals surface area (Å²) in [6, 6.07) is 8.64. The predicted octanol–water partition coefficient (Wildman–Crippen LogP) is 3.62. The summed E-state index contributed by atoms with van der Waals surface area (Å²) in [5.41, 5.74) is 1.43. The Morgan fingerprint density at radius 1 is 1.22 bits per heavy atom. The van der Waals surface area contributed by atoms with Crippen LogP contribution in [0.1, 0.15) is 5.56 Å². The van der Waals surface area contributed by atoms with Gasteiger partial charge >= 0.3 is 0 Å². The number of nitrogens with one attached hydrogen (secondary N) is 2. The Hall–Kier alpha value is -2.60. The Morgan fingerprint density at radius 3 is 2.83 bits per heavy atom. The first-order chi connectivity index (χ1) is 11.2. The third kappa shape index (κ3) is 3.60. The highest BCUT2D eigenvalue weighted by Crippen LogP contribution is 2.32. The van der Waals surface area contributed by atoms with Crippen molar-refractivity contribution < 1.29 is 9.50 Å². The number of rotatable bonds is 4. The Morgan fingerprint density at radius 2 is 2.04 bits per heavy atom. The van der Waals surface area contributed by atoms with Gasteiger partial charge < -0.3 is 15.7 Å². The highest BCUT2D eigenvalue weighted by Gasteiger charge is 2.09. The number of aromatic nitrogens is 1. The minimum atomic E-state index is -0.505. The van der Waals surface area contributed by atoms with Crippen LogP contribution in [0.4, 0.5) is 15.9 Å². The molecule has 4 nitrogen and oxygen atoms in total. The van der Waals surface area contributed by atoms with Crippen molar-refractivity contribution in [2.24, 2.45) is 0 Å². The zero-order valence-corrected chi connectivity index (χ0v) is 13.3. The Bertz CT molecular complexity index is 831. The van der Waals surface area contributed by atoms with Crippen LogP contribution in [-0.4, -0.2) is 22.1 Å². The van der Waals surface area contributed by atoms with E-state index in [0.717, 1.165) is 26.9 Å². The van der Waals surface area contributed by atoms with Gasteiger partial charge in [-0.05, 0) is 36.4 Å². The molecule has 0 fully saturated rings. The van der Waals surface area contributed by atoms with Gasteiger partial charge in [0.25, 0.3) is 0 Å². The number of halogens is 1. The van der Waals surface area contributed by atoms with Crippen LogP contribution in [-0.2, 0) is 0 Å². The van der Waals surface area contributed by atoms with E-state index in [1.165, 1.54) is 0 Å². The number of hydrogen-bond donors (Lipinski definition) is 4. The molecule has 1 aliphatic heterocycles. The fraction of sp³-hybridized carbons (Fsp3) is 0.0588. The molecule has 0 radical (unpaired) electrons. The summed E-state index contributed by atoms with van der Waals surface area (Å²) in [4.78, 5) is 5.82. The minimum Gasteiger partial charge on any atom is -0.508 e. The Labute approximate surface area is 137 Å². The third-order valence-corrected chi connectivity index (χ3v) is 4.37. The standard InChI is InChI=1S/C17H16FN3OS/c1-19-15-9-6-11(17(18)21-15)4-2-3-5-16-20-13-8-7-12(22)10-14(13)23-16/h2-10,20,22-23H,1H3,(H,19,21)/b4-2+,5-3+. The van der Waals surface area contributed by atoms with E-state index in [-0.39, 0.29) is 5.75 Å². The molecule has 0 atom stereocenters. The number of phenolic OH excluding ortho intramolecular Hbond substituents is 1. The molecule has 3 N–H and O–H groups in total. The molecule has 3 rings (SSSR count). The maximum Gasteiger partial charge on any atom is 0.222 e. The second-order valence-corrected chi connectivity index (χ2v) is 6.06. The second kappa shape index (κ2) is 6.66. The van der Waals surface area contributed by atoms with E-state index in [9.17, 15) is 9.50 Å². The van der Waals surface area contributed by atoms with Crippen LogP contribution in [0.25, 0.3) is 6.08 Å². The number of aromatic hydroxyl groups is 1. The topological polar surface area (TPSA) is 57.2 Å². The van der Waals surface area contributed by atoms with Gasteiger partial charge in [-0.25, -0.2) is 4.98 Å². The monoisotopic (exact) mass is 329 g/mol. The molecule has 23 heavy (non-hydrogen) atoms. The molecular formula is C17H16FN3OS. The van der Waals surface area contributed by atoms with Crippen LogP contribution in [0.15, 0.2) is 53.5 Å². The van der Waals surface area contributed by atoms with E-state index in [1.54, 1.807) is 43.5 Å². The van der Waals surface area contributed by atoms with Crippen LogP contribution >= 0.6 is 11.4 Å². The molecule has 0 bridgehead atoms. The summed E-state index contributed by atoms with van der Waals surface area (Å²) in [7, 11) is 1.70. The predicted molar refractivity (Wildman–Crippen MR) is 95.9 cm³/mol. The first kappa shape index (κ1) is 15.3. The lowest BCUT2D eigenvalue weighted by atomic mass is 10.2. The van der Waals surface area contributed by atoms with Crippen molar-refractivity contribution in [1.82, 2.24) is 4.98 Å². The fourth-order valence-corrected chi connectivity index (χ4v) is 3.15. The van der Waals surface area contributed by atoms with Gasteiger partial charge in [-0.3, -0.25) is 0 Å². The first-order valence-corrected chi connectivity index (χ1v) is 7.93. The van der Waals surface area contributed by atoms with Crippen molar-refractivity contribution in [3.63, 3.8) is 0 Å². The Kier molecular flexibility index (Phi) is 4.43. The summed E-state index contributed by atoms with van der Waals surface area (Å²) in [6.45, 7) is 0. The molecule has 118 valence electrons. The number of fused-ring (bicyclic) bond motifs is 1. The van der Waals surface area contributed by atoms with Crippen LogP contribution in [0.2, 0.25) is 0 Å². The zero-order valence-electron chi connectivity index (χ0n) is 12.4. The molecule has 1 aromatic carbocycles. The molecule has 2 aromatic rings. The maximum absolute atomic E-state index is 13.7. The number of allylic oxidation sites excluding steroid dienone is 2. The number of benzene rings is 1. The van der Waals surface area contributed by atoms with Gasteiger partial charge in [-0.1, -0.05) is 18.2 Å². The van der Waals surface area contributed by atoms with Crippen LogP contribution in [0.5, 0.6) is 5.75 Å². The van der Waals surface area contributed by atoms with E-state index in [1.807, 2.05) is 18.2 Å². The quantitative estimate of drug-likeness (QED) is 0.173. The second-order valence-electron chi connectivity index (χ2n) is 4.87. The highest BCUT2D eigenvalue weighted by molar-refractivity contribution is 7.99. The average Bonchev–Trinajstić information content (AvgIpc) is 2.94. The molecular weight excluding hydrogens is 313 g/mol.